The van der Waals surface area contributed by atoms with Crippen molar-refractivity contribution >= 4 is 45.8 Å². The van der Waals surface area contributed by atoms with Crippen LogP contribution in [0.4, 0.5) is 5.69 Å². The molecule has 28 heavy (non-hydrogen) atoms. The standard InChI is InChI=1S/C19H17ClN6O2/c1-10-6-7-11(20)8-14(10)24-16(27)15-19(17(21)28,23-9-22-15)18-25-12-4-2-3-5-13(12)26-18/h2-8,23H,9H2,1H3,(H2,21,28)(H,24,27)(H,25,26). The molecule has 4 rings (SSSR count). The first kappa shape index (κ1) is 18.1. The van der Waals surface area contributed by atoms with E-state index in [-0.39, 0.29) is 18.2 Å². The van der Waals surface area contributed by atoms with Crippen LogP contribution >= 0.6 is 11.6 Å². The maximum absolute atomic E-state index is 13.0. The number of fused-ring (bicyclic) bond motifs is 1. The third-order valence-electron chi connectivity index (χ3n) is 4.71. The summed E-state index contributed by atoms with van der Waals surface area (Å²) < 4.78 is 0. The van der Waals surface area contributed by atoms with Crippen LogP contribution in [0.1, 0.15) is 11.4 Å². The lowest BCUT2D eigenvalue weighted by Crippen LogP contribution is -2.58. The molecule has 1 aliphatic heterocycles. The SMILES string of the molecule is Cc1ccc(Cl)cc1NC(=O)C1=NCNC1(C(N)=O)c1nc2ccccc2[nH]1. The Balaban J connectivity index is 1.75. The zero-order valence-electron chi connectivity index (χ0n) is 14.9. The molecule has 9 heteroatoms. The van der Waals surface area contributed by atoms with Gasteiger partial charge in [-0.3, -0.25) is 19.9 Å². The van der Waals surface area contributed by atoms with Gasteiger partial charge in [-0.05, 0) is 36.8 Å². The summed E-state index contributed by atoms with van der Waals surface area (Å²) in [5.74, 6) is -1.12. The summed E-state index contributed by atoms with van der Waals surface area (Å²) in [6.07, 6.45) is 0. The molecular formula is C19H17ClN6O2. The van der Waals surface area contributed by atoms with E-state index in [1.165, 1.54) is 0 Å². The van der Waals surface area contributed by atoms with E-state index in [9.17, 15) is 9.59 Å². The number of amides is 2. The Hall–Kier alpha value is -3.23. The predicted molar refractivity (Wildman–Crippen MR) is 107 cm³/mol. The first-order chi connectivity index (χ1) is 13.4. The van der Waals surface area contributed by atoms with Crippen LogP contribution in [0, 0.1) is 6.92 Å². The lowest BCUT2D eigenvalue weighted by molar-refractivity contribution is -0.123. The Kier molecular flexibility index (Phi) is 4.37. The second-order valence-electron chi connectivity index (χ2n) is 6.47. The molecule has 1 unspecified atom stereocenters. The van der Waals surface area contributed by atoms with Gasteiger partial charge in [0, 0.05) is 10.7 Å². The van der Waals surface area contributed by atoms with Gasteiger partial charge in [0.15, 0.2) is 0 Å². The molecule has 5 N–H and O–H groups in total. The van der Waals surface area contributed by atoms with E-state index in [0.29, 0.717) is 16.2 Å². The number of imidazole rings is 1. The molecule has 0 bridgehead atoms. The number of primary amides is 1. The first-order valence-corrected chi connectivity index (χ1v) is 8.92. The minimum absolute atomic E-state index is 0.0528. The number of nitrogens with zero attached hydrogens (tertiary/aromatic N) is 2. The van der Waals surface area contributed by atoms with Crippen LogP contribution in [0.15, 0.2) is 47.5 Å². The molecule has 1 atom stereocenters. The number of hydrogen-bond acceptors (Lipinski definition) is 5. The summed E-state index contributed by atoms with van der Waals surface area (Å²) in [6, 6.07) is 12.4. The number of H-pyrrole nitrogens is 1. The van der Waals surface area contributed by atoms with Crippen molar-refractivity contribution in [2.24, 2.45) is 10.7 Å². The zero-order chi connectivity index (χ0) is 19.9. The number of halogens is 1. The number of aryl methyl sites for hydroxylation is 1. The molecule has 8 nitrogen and oxygen atoms in total. The number of carbonyl (C=O) groups is 2. The highest BCUT2D eigenvalue weighted by Crippen LogP contribution is 2.28. The molecule has 0 saturated heterocycles. The highest BCUT2D eigenvalue weighted by atomic mass is 35.5. The summed E-state index contributed by atoms with van der Waals surface area (Å²) in [7, 11) is 0. The van der Waals surface area contributed by atoms with Gasteiger partial charge in [-0.1, -0.05) is 29.8 Å². The molecule has 3 aromatic rings. The lowest BCUT2D eigenvalue weighted by atomic mass is 9.91. The van der Waals surface area contributed by atoms with Gasteiger partial charge in [-0.25, -0.2) is 4.98 Å². The largest absolute Gasteiger partial charge is 0.367 e. The Bertz CT molecular complexity index is 1110. The molecule has 142 valence electrons. The summed E-state index contributed by atoms with van der Waals surface area (Å²) in [4.78, 5) is 37.3. The highest BCUT2D eigenvalue weighted by molar-refractivity contribution is 6.50. The van der Waals surface area contributed by atoms with E-state index in [1.54, 1.807) is 24.3 Å². The smallest absolute Gasteiger partial charge is 0.272 e. The maximum Gasteiger partial charge on any atom is 0.272 e. The van der Waals surface area contributed by atoms with Crippen molar-refractivity contribution in [3.05, 3.63) is 58.9 Å². The van der Waals surface area contributed by atoms with Crippen molar-refractivity contribution in [1.29, 1.82) is 0 Å². The second kappa shape index (κ2) is 6.74. The van der Waals surface area contributed by atoms with Crippen LogP contribution in [-0.4, -0.2) is 34.2 Å². The molecule has 0 saturated carbocycles. The zero-order valence-corrected chi connectivity index (χ0v) is 15.7. The van der Waals surface area contributed by atoms with Crippen molar-refractivity contribution in [3.63, 3.8) is 0 Å². The summed E-state index contributed by atoms with van der Waals surface area (Å²) in [5, 5.41) is 6.17. The van der Waals surface area contributed by atoms with E-state index in [1.807, 2.05) is 25.1 Å². The molecule has 1 aromatic heterocycles. The number of aliphatic imine (C=N–C) groups is 1. The van der Waals surface area contributed by atoms with Crippen LogP contribution in [0.3, 0.4) is 0 Å². The van der Waals surface area contributed by atoms with Gasteiger partial charge >= 0.3 is 0 Å². The molecule has 0 aliphatic carbocycles. The summed E-state index contributed by atoms with van der Waals surface area (Å²) >= 11 is 6.02. The van der Waals surface area contributed by atoms with Crippen LogP contribution in [0.5, 0.6) is 0 Å². The van der Waals surface area contributed by atoms with Crippen LogP contribution in [0.2, 0.25) is 5.02 Å². The van der Waals surface area contributed by atoms with Gasteiger partial charge < -0.3 is 16.0 Å². The number of para-hydroxylation sites is 2. The fourth-order valence-corrected chi connectivity index (χ4v) is 3.41. The molecule has 2 aromatic carbocycles. The number of anilines is 1. The third-order valence-corrected chi connectivity index (χ3v) is 4.95. The quantitative estimate of drug-likeness (QED) is 0.537. The van der Waals surface area contributed by atoms with Gasteiger partial charge in [-0.15, -0.1) is 0 Å². The number of nitrogens with one attached hydrogen (secondary N) is 3. The lowest BCUT2D eigenvalue weighted by Gasteiger charge is -2.25. The van der Waals surface area contributed by atoms with Crippen LogP contribution < -0.4 is 16.4 Å². The number of carbonyl (C=O) groups excluding carboxylic acids is 2. The van der Waals surface area contributed by atoms with E-state index >= 15 is 0 Å². The second-order valence-corrected chi connectivity index (χ2v) is 6.91. The number of aromatic nitrogens is 2. The number of benzene rings is 2. The summed E-state index contributed by atoms with van der Waals surface area (Å²) in [5.41, 5.74) is 6.72. The minimum Gasteiger partial charge on any atom is -0.367 e. The normalized spacial score (nSPS) is 18.9. The van der Waals surface area contributed by atoms with Crippen molar-refractivity contribution < 1.29 is 9.59 Å². The average Bonchev–Trinajstić information content (AvgIpc) is 3.29. The van der Waals surface area contributed by atoms with Crippen molar-refractivity contribution in [1.82, 2.24) is 15.3 Å². The molecule has 0 fully saturated rings. The minimum atomic E-state index is -1.66. The van der Waals surface area contributed by atoms with E-state index in [0.717, 1.165) is 11.1 Å². The van der Waals surface area contributed by atoms with E-state index < -0.39 is 17.4 Å². The van der Waals surface area contributed by atoms with Crippen molar-refractivity contribution in [2.45, 2.75) is 12.5 Å². The fraction of sp³-hybridized carbons (Fsp3) is 0.158. The Labute approximate surface area is 165 Å². The van der Waals surface area contributed by atoms with Gasteiger partial charge in [0.1, 0.15) is 11.5 Å². The van der Waals surface area contributed by atoms with Crippen LogP contribution in [0.25, 0.3) is 11.0 Å². The monoisotopic (exact) mass is 396 g/mol. The van der Waals surface area contributed by atoms with Crippen LogP contribution in [-0.2, 0) is 15.1 Å². The van der Waals surface area contributed by atoms with E-state index in [2.05, 4.69) is 25.6 Å². The Morgan fingerprint density at radius 1 is 1.25 bits per heavy atom. The number of hydrogen-bond donors (Lipinski definition) is 4. The number of aromatic amines is 1. The molecular weight excluding hydrogens is 380 g/mol. The highest BCUT2D eigenvalue weighted by Gasteiger charge is 2.52. The number of nitrogens with two attached hydrogens (primary N) is 1. The van der Waals surface area contributed by atoms with Crippen molar-refractivity contribution in [3.8, 4) is 0 Å². The Morgan fingerprint density at radius 2 is 2.04 bits per heavy atom. The van der Waals surface area contributed by atoms with Crippen molar-refractivity contribution in [2.75, 3.05) is 12.0 Å². The van der Waals surface area contributed by atoms with Gasteiger partial charge in [0.25, 0.3) is 11.8 Å². The molecule has 0 spiro atoms. The topological polar surface area (TPSA) is 125 Å². The van der Waals surface area contributed by atoms with Gasteiger partial charge in [0.05, 0.1) is 17.7 Å². The fourth-order valence-electron chi connectivity index (χ4n) is 3.24. The molecule has 2 amide bonds. The first-order valence-electron chi connectivity index (χ1n) is 8.54. The van der Waals surface area contributed by atoms with Gasteiger partial charge in [0.2, 0.25) is 5.54 Å². The molecule has 0 radical (unpaired) electrons. The molecule has 2 heterocycles. The average molecular weight is 397 g/mol. The predicted octanol–water partition coefficient (Wildman–Crippen LogP) is 1.85. The molecule has 1 aliphatic rings. The third kappa shape index (κ3) is 2.83. The number of rotatable bonds is 4. The Morgan fingerprint density at radius 3 is 2.79 bits per heavy atom. The van der Waals surface area contributed by atoms with E-state index in [4.69, 9.17) is 17.3 Å². The summed E-state index contributed by atoms with van der Waals surface area (Å²) in [6.45, 7) is 1.89. The maximum atomic E-state index is 13.0. The van der Waals surface area contributed by atoms with Gasteiger partial charge in [-0.2, -0.15) is 0 Å².